The molecule has 3 N–H and O–H groups in total. The van der Waals surface area contributed by atoms with Gasteiger partial charge in [-0.3, -0.25) is 4.79 Å². The summed E-state index contributed by atoms with van der Waals surface area (Å²) in [5, 5.41) is 9.49. The number of amides is 1. The van der Waals surface area contributed by atoms with Crippen molar-refractivity contribution in [3.05, 3.63) is 58.0 Å². The van der Waals surface area contributed by atoms with Gasteiger partial charge in [0.1, 0.15) is 5.69 Å². The van der Waals surface area contributed by atoms with E-state index in [0.29, 0.717) is 24.3 Å². The molecule has 7 nitrogen and oxygen atoms in total. The topological polar surface area (TPSA) is 89.9 Å². The lowest BCUT2D eigenvalue weighted by molar-refractivity contribution is -0.729. The number of anilines is 2. The van der Waals surface area contributed by atoms with Crippen molar-refractivity contribution in [2.45, 2.75) is 13.8 Å². The average molecular weight is 355 g/mol. The van der Waals surface area contributed by atoms with Crippen molar-refractivity contribution in [3.8, 4) is 0 Å². The van der Waals surface area contributed by atoms with Crippen molar-refractivity contribution in [1.29, 1.82) is 0 Å². The Bertz CT molecular complexity index is 858. The normalized spacial score (nSPS) is 14.4. The summed E-state index contributed by atoms with van der Waals surface area (Å²) in [6.07, 6.45) is 0. The number of rotatable bonds is 4. The number of aryl methyl sites for hydroxylation is 2. The van der Waals surface area contributed by atoms with Gasteiger partial charge in [0.25, 0.3) is 4.92 Å². The van der Waals surface area contributed by atoms with Gasteiger partial charge in [-0.05, 0) is 37.1 Å². The summed E-state index contributed by atoms with van der Waals surface area (Å²) >= 11 is 0. The van der Waals surface area contributed by atoms with Crippen LogP contribution in [-0.4, -0.2) is 42.2 Å². The first-order valence-electron chi connectivity index (χ1n) is 8.54. The second-order valence-electron chi connectivity index (χ2n) is 6.55. The lowest BCUT2D eigenvalue weighted by atomic mass is 10.0. The van der Waals surface area contributed by atoms with Crippen LogP contribution in [0, 0.1) is 18.8 Å². The number of nitrogens with two attached hydrogens (primary N) is 1. The molecule has 1 fully saturated rings. The molecule has 0 radical (unpaired) electrons. The fourth-order valence-electron chi connectivity index (χ4n) is 3.46. The molecule has 26 heavy (non-hydrogen) atoms. The highest BCUT2D eigenvalue weighted by molar-refractivity contribution is 5.96. The number of hydrogen-bond acceptors (Lipinski definition) is 4. The highest BCUT2D eigenvalue weighted by Crippen LogP contribution is 2.32. The third kappa shape index (κ3) is 3.33. The van der Waals surface area contributed by atoms with Crippen LogP contribution in [-0.2, 0) is 0 Å². The highest BCUT2D eigenvalue weighted by Gasteiger charge is 2.28. The molecule has 0 saturated carbocycles. The van der Waals surface area contributed by atoms with Crippen LogP contribution in [0.4, 0.5) is 17.1 Å². The summed E-state index contributed by atoms with van der Waals surface area (Å²) in [5.74, 6) is -0.624. The van der Waals surface area contributed by atoms with Gasteiger partial charge in [-0.1, -0.05) is 18.2 Å². The van der Waals surface area contributed by atoms with E-state index in [9.17, 15) is 14.9 Å². The fourth-order valence-corrected chi connectivity index (χ4v) is 3.46. The molecule has 7 heteroatoms. The quantitative estimate of drug-likeness (QED) is 0.823. The maximum atomic E-state index is 11.6. The SMILES string of the molecule is Cc1cc(N2CCN(c3ccccc3C)CC2)c([N+](=O)O)cc1C(N)=O. The molecule has 0 spiro atoms. The van der Waals surface area contributed by atoms with Gasteiger partial charge in [-0.15, -0.1) is 0 Å². The van der Waals surface area contributed by atoms with Gasteiger partial charge in [-0.25, -0.2) is 5.21 Å². The molecule has 0 unspecified atom stereocenters. The van der Waals surface area contributed by atoms with Crippen LogP contribution in [0.2, 0.25) is 0 Å². The van der Waals surface area contributed by atoms with Crippen molar-refractivity contribution in [3.63, 3.8) is 0 Å². The maximum Gasteiger partial charge on any atom is 0.340 e. The summed E-state index contributed by atoms with van der Waals surface area (Å²) in [5.41, 5.74) is 9.34. The first kappa shape index (κ1) is 17.7. The van der Waals surface area contributed by atoms with Crippen LogP contribution < -0.4 is 15.5 Å². The van der Waals surface area contributed by atoms with Gasteiger partial charge in [0.05, 0.1) is 4.91 Å². The van der Waals surface area contributed by atoms with Crippen LogP contribution in [0.1, 0.15) is 21.5 Å². The zero-order valence-corrected chi connectivity index (χ0v) is 15.0. The van der Waals surface area contributed by atoms with Crippen molar-refractivity contribution in [1.82, 2.24) is 0 Å². The largest absolute Gasteiger partial charge is 0.368 e. The van der Waals surface area contributed by atoms with Gasteiger partial charge in [0.15, 0.2) is 0 Å². The summed E-state index contributed by atoms with van der Waals surface area (Å²) in [7, 11) is 0. The van der Waals surface area contributed by atoms with Gasteiger partial charge >= 0.3 is 5.69 Å². The predicted octanol–water partition coefficient (Wildman–Crippen LogP) is 2.53. The van der Waals surface area contributed by atoms with Gasteiger partial charge in [-0.2, -0.15) is 0 Å². The average Bonchev–Trinajstić information content (AvgIpc) is 2.61. The van der Waals surface area contributed by atoms with E-state index in [4.69, 9.17) is 5.73 Å². The van der Waals surface area contributed by atoms with Crippen LogP contribution >= 0.6 is 0 Å². The minimum atomic E-state index is -0.624. The van der Waals surface area contributed by atoms with E-state index in [1.807, 2.05) is 17.0 Å². The summed E-state index contributed by atoms with van der Waals surface area (Å²) in [6.45, 7) is 6.85. The monoisotopic (exact) mass is 355 g/mol. The molecule has 0 aromatic heterocycles. The lowest BCUT2D eigenvalue weighted by Crippen LogP contribution is -2.47. The first-order chi connectivity index (χ1) is 12.4. The Labute approximate surface area is 152 Å². The van der Waals surface area contributed by atoms with E-state index < -0.39 is 5.91 Å². The number of benzene rings is 2. The van der Waals surface area contributed by atoms with Gasteiger partial charge in [0.2, 0.25) is 5.91 Å². The number of primary amides is 1. The van der Waals surface area contributed by atoms with Crippen LogP contribution in [0.15, 0.2) is 36.4 Å². The first-order valence-corrected chi connectivity index (χ1v) is 8.54. The smallest absolute Gasteiger partial charge is 0.340 e. The molecule has 2 aromatic rings. The second kappa shape index (κ2) is 7.03. The minimum Gasteiger partial charge on any atom is -0.368 e. The maximum absolute atomic E-state index is 11.6. The molecule has 1 aliphatic heterocycles. The number of nitrogens with zero attached hydrogens (tertiary/aromatic N) is 3. The molecule has 1 heterocycles. The zero-order valence-electron chi connectivity index (χ0n) is 15.0. The third-order valence-electron chi connectivity index (χ3n) is 4.87. The van der Waals surface area contributed by atoms with Crippen molar-refractivity contribution >= 4 is 23.0 Å². The number of carbonyl (C=O) groups is 1. The van der Waals surface area contributed by atoms with Gasteiger partial charge in [0, 0.05) is 43.5 Å². The van der Waals surface area contributed by atoms with Crippen LogP contribution in [0.25, 0.3) is 0 Å². The summed E-state index contributed by atoms with van der Waals surface area (Å²) < 4.78 is 0. The predicted molar refractivity (Wildman–Crippen MR) is 100 cm³/mol. The fraction of sp³-hybridized carbons (Fsp3) is 0.316. The molecule has 3 rings (SSSR count). The second-order valence-corrected chi connectivity index (χ2v) is 6.55. The molecule has 1 saturated heterocycles. The molecule has 0 aliphatic carbocycles. The molecule has 1 amide bonds. The molecule has 0 atom stereocenters. The number of piperazine rings is 1. The Morgan fingerprint density at radius 1 is 1.00 bits per heavy atom. The molecule has 0 bridgehead atoms. The summed E-state index contributed by atoms with van der Waals surface area (Å²) in [4.78, 5) is 27.3. The molecule has 136 valence electrons. The van der Waals surface area contributed by atoms with Crippen LogP contribution in [0.3, 0.4) is 0 Å². The van der Waals surface area contributed by atoms with Gasteiger partial charge < -0.3 is 15.5 Å². The number of hydrogen-bond donors (Lipinski definition) is 2. The molecular weight excluding hydrogens is 332 g/mol. The van der Waals surface area contributed by atoms with Crippen LogP contribution in [0.5, 0.6) is 0 Å². The Kier molecular flexibility index (Phi) is 4.79. The minimum absolute atomic E-state index is 0.0359. The van der Waals surface area contributed by atoms with E-state index in [-0.39, 0.29) is 16.2 Å². The van der Waals surface area contributed by atoms with E-state index in [1.54, 1.807) is 13.0 Å². The summed E-state index contributed by atoms with van der Waals surface area (Å²) in [6, 6.07) is 11.3. The molecular formula is C19H23N4O3+. The van der Waals surface area contributed by atoms with E-state index in [2.05, 4.69) is 24.0 Å². The standard InChI is InChI=1S/C19H22N4O3/c1-13-5-3-4-6-16(13)21-7-9-22(10-8-21)17-11-14(2)15(19(20)24)12-18(17)23(25)26/h3-6,11-12H,7-10H2,1-2H3,(H2-,20,24,25,26)/p+1. The molecule has 2 aromatic carbocycles. The van der Waals surface area contributed by atoms with E-state index in [0.717, 1.165) is 13.1 Å². The Balaban J connectivity index is 1.85. The van der Waals surface area contributed by atoms with Crippen molar-refractivity contribution in [2.24, 2.45) is 5.73 Å². The number of carbonyl (C=O) groups excluding carboxylic acids is 1. The van der Waals surface area contributed by atoms with E-state index in [1.165, 1.54) is 17.3 Å². The number of para-hydroxylation sites is 1. The Morgan fingerprint density at radius 3 is 2.12 bits per heavy atom. The zero-order chi connectivity index (χ0) is 18.8. The lowest BCUT2D eigenvalue weighted by Gasteiger charge is -2.37. The highest BCUT2D eigenvalue weighted by atomic mass is 16.6. The Morgan fingerprint density at radius 2 is 1.58 bits per heavy atom. The van der Waals surface area contributed by atoms with E-state index >= 15 is 0 Å². The molecule has 1 aliphatic rings. The third-order valence-corrected chi connectivity index (χ3v) is 4.87. The van der Waals surface area contributed by atoms with Crippen molar-refractivity contribution < 1.29 is 14.9 Å². The van der Waals surface area contributed by atoms with Crippen molar-refractivity contribution in [2.75, 3.05) is 36.0 Å². The Hall–Kier alpha value is -3.09.